The summed E-state index contributed by atoms with van der Waals surface area (Å²) in [6.07, 6.45) is -11.6. The highest BCUT2D eigenvalue weighted by Gasteiger charge is 2.46. The van der Waals surface area contributed by atoms with Crippen LogP contribution >= 0.6 is 0 Å². The second kappa shape index (κ2) is 12.6. The Kier molecular flexibility index (Phi) is 9.93. The second-order valence-corrected chi connectivity index (χ2v) is 9.92. The molecule has 2 amide bonds. The molecular formula is C19H28N4O15S. The molecule has 2 fully saturated rings. The predicted molar refractivity (Wildman–Crippen MR) is 122 cm³/mol. The molecule has 0 radical (unpaired) electrons. The number of nitrogens with zero attached hydrogens (tertiary/aromatic N) is 1. The molecule has 220 valence electrons. The number of rotatable bonds is 10. The zero-order valence-electron chi connectivity index (χ0n) is 20.1. The fraction of sp³-hybridized carbons (Fsp3) is 0.684. The van der Waals surface area contributed by atoms with E-state index in [-0.39, 0.29) is 0 Å². The third-order valence-corrected chi connectivity index (χ3v) is 6.64. The lowest BCUT2D eigenvalue weighted by atomic mass is 9.97. The monoisotopic (exact) mass is 584 g/mol. The van der Waals surface area contributed by atoms with Gasteiger partial charge in [-0.25, -0.2) is 9.52 Å². The van der Waals surface area contributed by atoms with E-state index in [9.17, 15) is 53.1 Å². The Bertz CT molecular complexity index is 1250. The summed E-state index contributed by atoms with van der Waals surface area (Å²) in [5.41, 5.74) is -1.69. The number of hydrogen-bond donors (Lipinski definition) is 8. The number of aromatic nitrogens is 2. The molecule has 2 saturated heterocycles. The smallest absolute Gasteiger partial charge is 0.362 e. The van der Waals surface area contributed by atoms with Gasteiger partial charge in [0.05, 0.1) is 13.2 Å². The van der Waals surface area contributed by atoms with Crippen LogP contribution < -0.4 is 21.3 Å². The number of nitrogens with one attached hydrogen (secondary N) is 3. The minimum Gasteiger partial charge on any atom is -0.394 e. The van der Waals surface area contributed by atoms with Crippen molar-refractivity contribution in [2.45, 2.75) is 62.1 Å². The van der Waals surface area contributed by atoms with Crippen molar-refractivity contribution in [1.82, 2.24) is 19.6 Å². The first kappa shape index (κ1) is 30.7. The van der Waals surface area contributed by atoms with E-state index in [2.05, 4.69) is 9.50 Å². The fourth-order valence-corrected chi connectivity index (χ4v) is 4.56. The Balaban J connectivity index is 1.55. The number of carbonyl (C=O) groups excluding carboxylic acids is 2. The van der Waals surface area contributed by atoms with Gasteiger partial charge >= 0.3 is 16.0 Å². The zero-order chi connectivity index (χ0) is 29.1. The fourth-order valence-electron chi connectivity index (χ4n) is 3.85. The molecule has 1 aromatic heterocycles. The van der Waals surface area contributed by atoms with Gasteiger partial charge in [-0.2, -0.15) is 8.42 Å². The van der Waals surface area contributed by atoms with E-state index in [4.69, 9.17) is 14.2 Å². The molecule has 2 aliphatic rings. The molecular weight excluding hydrogens is 556 g/mol. The van der Waals surface area contributed by atoms with Crippen molar-refractivity contribution < 1.29 is 61.9 Å². The maximum atomic E-state index is 12.2. The second-order valence-electron chi connectivity index (χ2n) is 8.57. The van der Waals surface area contributed by atoms with Crippen LogP contribution in [0.25, 0.3) is 0 Å². The highest BCUT2D eigenvalue weighted by Crippen LogP contribution is 2.28. The highest BCUT2D eigenvalue weighted by molar-refractivity contribution is 7.85. The van der Waals surface area contributed by atoms with Crippen LogP contribution in [0.2, 0.25) is 0 Å². The molecule has 0 unspecified atom stereocenters. The van der Waals surface area contributed by atoms with Crippen molar-refractivity contribution in [3.63, 3.8) is 0 Å². The first-order valence-electron chi connectivity index (χ1n) is 11.3. The molecule has 3 heterocycles. The normalized spacial score (nSPS) is 33.0. The van der Waals surface area contributed by atoms with Crippen LogP contribution in [-0.2, 0) is 38.3 Å². The number of ether oxygens (including phenoxy) is 3. The van der Waals surface area contributed by atoms with Crippen molar-refractivity contribution in [3.05, 3.63) is 33.1 Å². The number of amides is 2. The number of hydrogen-bond acceptors (Lipinski definition) is 15. The van der Waals surface area contributed by atoms with Gasteiger partial charge in [0.1, 0.15) is 49.3 Å². The van der Waals surface area contributed by atoms with Crippen molar-refractivity contribution in [2.75, 3.05) is 19.8 Å². The summed E-state index contributed by atoms with van der Waals surface area (Å²) in [6.45, 7) is -1.57. The molecule has 19 nitrogen and oxygen atoms in total. The SMILES string of the molecule is CC(=O)N[C@H]1[C@@H](OCC(=O)NS(=O)(=O)OC[C@H]2O[C@@H](n3ccc(=O)[nH]c3=O)[C@H](O)[C@@H]2O)O[C@H](CO)[C@@H](O)[C@@H]1O. The third kappa shape index (κ3) is 7.45. The van der Waals surface area contributed by atoms with E-state index >= 15 is 0 Å². The number of carbonyl (C=O) groups is 2. The molecule has 39 heavy (non-hydrogen) atoms. The molecule has 9 atom stereocenters. The minimum atomic E-state index is -4.83. The van der Waals surface area contributed by atoms with Gasteiger partial charge in [-0.15, -0.1) is 0 Å². The maximum Gasteiger partial charge on any atom is 0.362 e. The van der Waals surface area contributed by atoms with E-state index < -0.39 is 108 Å². The van der Waals surface area contributed by atoms with Crippen LogP contribution in [0.5, 0.6) is 0 Å². The Morgan fingerprint density at radius 1 is 1.08 bits per heavy atom. The lowest BCUT2D eigenvalue weighted by Crippen LogP contribution is -2.64. The average Bonchev–Trinajstić information content (AvgIpc) is 3.13. The van der Waals surface area contributed by atoms with Crippen molar-refractivity contribution in [1.29, 1.82) is 0 Å². The van der Waals surface area contributed by atoms with Crippen LogP contribution in [0.15, 0.2) is 21.9 Å². The quantitative estimate of drug-likeness (QED) is 0.127. The van der Waals surface area contributed by atoms with Gasteiger partial charge in [-0.1, -0.05) is 0 Å². The number of aliphatic hydroxyl groups excluding tert-OH is 5. The van der Waals surface area contributed by atoms with E-state index in [0.29, 0.717) is 0 Å². The molecule has 3 rings (SSSR count). The summed E-state index contributed by atoms with van der Waals surface area (Å²) >= 11 is 0. The summed E-state index contributed by atoms with van der Waals surface area (Å²) in [6, 6.07) is -0.421. The molecule has 0 bridgehead atoms. The van der Waals surface area contributed by atoms with Gasteiger partial charge in [-0.05, 0) is 0 Å². The van der Waals surface area contributed by atoms with E-state index in [0.717, 1.165) is 23.8 Å². The first-order valence-corrected chi connectivity index (χ1v) is 12.7. The van der Waals surface area contributed by atoms with Gasteiger partial charge in [-0.3, -0.25) is 28.1 Å². The number of aromatic amines is 1. The molecule has 0 aliphatic carbocycles. The number of aliphatic hydroxyl groups is 5. The van der Waals surface area contributed by atoms with E-state index in [1.807, 2.05) is 4.98 Å². The van der Waals surface area contributed by atoms with E-state index in [1.54, 1.807) is 0 Å². The lowest BCUT2D eigenvalue weighted by molar-refractivity contribution is -0.268. The van der Waals surface area contributed by atoms with Gasteiger partial charge in [0.25, 0.3) is 11.5 Å². The molecule has 2 aliphatic heterocycles. The van der Waals surface area contributed by atoms with Crippen molar-refractivity contribution in [2.24, 2.45) is 0 Å². The van der Waals surface area contributed by atoms with E-state index in [1.165, 1.54) is 4.72 Å². The topological polar surface area (TPSA) is 285 Å². The summed E-state index contributed by atoms with van der Waals surface area (Å²) in [5, 5.41) is 52.1. The van der Waals surface area contributed by atoms with Crippen molar-refractivity contribution >= 4 is 22.1 Å². The Morgan fingerprint density at radius 2 is 1.74 bits per heavy atom. The van der Waals surface area contributed by atoms with Gasteiger partial charge in [0, 0.05) is 19.2 Å². The highest BCUT2D eigenvalue weighted by atomic mass is 32.2. The van der Waals surface area contributed by atoms with Crippen LogP contribution in [-0.4, -0.2) is 124 Å². The van der Waals surface area contributed by atoms with Crippen LogP contribution in [0.1, 0.15) is 13.2 Å². The number of H-pyrrole nitrogens is 1. The third-order valence-electron chi connectivity index (χ3n) is 5.72. The van der Waals surface area contributed by atoms with Crippen LogP contribution in [0.4, 0.5) is 0 Å². The largest absolute Gasteiger partial charge is 0.394 e. The summed E-state index contributed by atoms with van der Waals surface area (Å²) < 4.78 is 46.9. The summed E-state index contributed by atoms with van der Waals surface area (Å²) in [4.78, 5) is 48.6. The summed E-state index contributed by atoms with van der Waals surface area (Å²) in [5.74, 6) is -1.95. The molecule has 20 heteroatoms. The Labute approximate surface area is 219 Å². The Hall–Kier alpha value is -2.79. The molecule has 8 N–H and O–H groups in total. The van der Waals surface area contributed by atoms with Crippen LogP contribution in [0, 0.1) is 0 Å². The zero-order valence-corrected chi connectivity index (χ0v) is 21.0. The van der Waals surface area contributed by atoms with Gasteiger partial charge < -0.3 is 45.1 Å². The molecule has 0 spiro atoms. The first-order chi connectivity index (χ1) is 18.2. The molecule has 0 saturated carbocycles. The molecule has 1 aromatic rings. The minimum absolute atomic E-state index is 0.652. The predicted octanol–water partition coefficient (Wildman–Crippen LogP) is -6.51. The van der Waals surface area contributed by atoms with Crippen molar-refractivity contribution in [3.8, 4) is 0 Å². The van der Waals surface area contributed by atoms with Gasteiger partial charge in [0.2, 0.25) is 5.91 Å². The maximum absolute atomic E-state index is 12.2. The molecule has 0 aromatic carbocycles. The average molecular weight is 585 g/mol. The van der Waals surface area contributed by atoms with Gasteiger partial charge in [0.15, 0.2) is 12.5 Å². The summed E-state index contributed by atoms with van der Waals surface area (Å²) in [7, 11) is -4.83. The van der Waals surface area contributed by atoms with Crippen LogP contribution in [0.3, 0.4) is 0 Å². The lowest BCUT2D eigenvalue weighted by Gasteiger charge is -2.42. The Morgan fingerprint density at radius 3 is 2.36 bits per heavy atom. The standard InChI is InChI=1S/C19H28N4O15S/c1-7(25)20-12-15(30)13(28)8(4-24)38-18(12)35-6-11(27)22-39(33,34)36-5-9-14(29)16(31)17(37-9)23-3-2-10(26)21-19(23)32/h2-3,8-9,12-18,24,28-31H,4-6H2,1H3,(H,20,25)(H,22,27)(H,21,26,32)/t8-,9-,12-,13-,14-,15-,16-,17-,18+/m1/s1.